The average molecular weight is 261 g/mol. The zero-order valence-electron chi connectivity index (χ0n) is 11.0. The topological polar surface area (TPSA) is 48.4 Å². The molecule has 2 aliphatic heterocycles. The van der Waals surface area contributed by atoms with Crippen LogP contribution in [-0.2, 0) is 20.7 Å². The molecule has 0 N–H and O–H groups in total. The third kappa shape index (κ3) is 2.85. The molecule has 3 rings (SSSR count). The van der Waals surface area contributed by atoms with Crippen LogP contribution in [0.15, 0.2) is 24.5 Å². The molecule has 2 fully saturated rings. The Bertz CT molecular complexity index is 440. The van der Waals surface area contributed by atoms with E-state index in [1.165, 1.54) is 0 Å². The molecule has 4 nitrogen and oxygen atoms in total. The van der Waals surface area contributed by atoms with E-state index in [2.05, 4.69) is 4.98 Å². The van der Waals surface area contributed by atoms with Crippen LogP contribution in [0.4, 0.5) is 0 Å². The van der Waals surface area contributed by atoms with E-state index in [-0.39, 0.29) is 11.5 Å². The lowest BCUT2D eigenvalue weighted by Crippen LogP contribution is -2.42. The second kappa shape index (κ2) is 5.39. The second-order valence-electron chi connectivity index (χ2n) is 5.53. The minimum absolute atomic E-state index is 0.107. The van der Waals surface area contributed by atoms with Crippen LogP contribution in [-0.4, -0.2) is 36.2 Å². The fourth-order valence-electron chi connectivity index (χ4n) is 3.01. The predicted octanol–water partition coefficient (Wildman–Crippen LogP) is 1.78. The van der Waals surface area contributed by atoms with Crippen LogP contribution in [0.3, 0.4) is 0 Å². The minimum Gasteiger partial charge on any atom is -0.378 e. The summed E-state index contributed by atoms with van der Waals surface area (Å²) in [6.45, 7) is 2.07. The monoisotopic (exact) mass is 261 g/mol. The number of hydrogen-bond donors (Lipinski definition) is 0. The third-order valence-electron chi connectivity index (χ3n) is 4.12. The van der Waals surface area contributed by atoms with Crippen LogP contribution in [0, 0.1) is 5.92 Å². The zero-order chi connectivity index (χ0) is 13.1. The highest BCUT2D eigenvalue weighted by Crippen LogP contribution is 2.36. The number of nitrogens with zero attached hydrogens (tertiary/aromatic N) is 1. The molecule has 0 aliphatic carbocycles. The summed E-state index contributed by atoms with van der Waals surface area (Å²) in [5, 5.41) is 0. The lowest BCUT2D eigenvalue weighted by molar-refractivity contribution is -0.136. The molecule has 0 radical (unpaired) electrons. The largest absolute Gasteiger partial charge is 0.378 e. The maximum absolute atomic E-state index is 12.4. The second-order valence-corrected chi connectivity index (χ2v) is 5.53. The Labute approximate surface area is 113 Å². The molecule has 2 aliphatic rings. The van der Waals surface area contributed by atoms with Crippen molar-refractivity contribution in [2.24, 2.45) is 5.92 Å². The van der Waals surface area contributed by atoms with E-state index in [0.29, 0.717) is 25.4 Å². The maximum atomic E-state index is 12.4. The SMILES string of the molecule is O=C(Cc1cccnc1)C1CCOC2(CCOC2)C1. The molecular formula is C15H19NO3. The van der Waals surface area contributed by atoms with Gasteiger partial charge in [-0.25, -0.2) is 0 Å². The first-order chi connectivity index (χ1) is 9.27. The van der Waals surface area contributed by atoms with Gasteiger partial charge < -0.3 is 9.47 Å². The average Bonchev–Trinajstić information content (AvgIpc) is 2.88. The van der Waals surface area contributed by atoms with Gasteiger partial charge in [-0.15, -0.1) is 0 Å². The van der Waals surface area contributed by atoms with Crippen LogP contribution in [0.5, 0.6) is 0 Å². The molecule has 1 aromatic rings. The van der Waals surface area contributed by atoms with Gasteiger partial charge >= 0.3 is 0 Å². The molecule has 2 unspecified atom stereocenters. The highest BCUT2D eigenvalue weighted by atomic mass is 16.6. The van der Waals surface area contributed by atoms with Crippen molar-refractivity contribution in [1.29, 1.82) is 0 Å². The summed E-state index contributed by atoms with van der Waals surface area (Å²) >= 11 is 0. The van der Waals surface area contributed by atoms with Gasteiger partial charge in [0.2, 0.25) is 0 Å². The number of pyridine rings is 1. The molecule has 19 heavy (non-hydrogen) atoms. The van der Waals surface area contributed by atoms with Crippen molar-refractivity contribution >= 4 is 5.78 Å². The molecule has 0 saturated carbocycles. The first kappa shape index (κ1) is 12.8. The fraction of sp³-hybridized carbons (Fsp3) is 0.600. The molecule has 3 heterocycles. The summed E-state index contributed by atoms with van der Waals surface area (Å²) < 4.78 is 11.3. The van der Waals surface area contributed by atoms with Gasteiger partial charge in [-0.2, -0.15) is 0 Å². The van der Waals surface area contributed by atoms with Gasteiger partial charge in [0.1, 0.15) is 5.78 Å². The highest BCUT2D eigenvalue weighted by molar-refractivity contribution is 5.83. The molecule has 102 valence electrons. The number of ether oxygens (including phenoxy) is 2. The van der Waals surface area contributed by atoms with Gasteiger partial charge in [0.05, 0.1) is 12.2 Å². The minimum atomic E-state index is -0.187. The Kier molecular flexibility index (Phi) is 3.62. The van der Waals surface area contributed by atoms with Crippen LogP contribution in [0.25, 0.3) is 0 Å². The summed E-state index contributed by atoms with van der Waals surface area (Å²) in [5.74, 6) is 0.415. The number of aromatic nitrogens is 1. The van der Waals surface area contributed by atoms with Gasteiger partial charge in [-0.1, -0.05) is 6.07 Å². The van der Waals surface area contributed by atoms with Crippen molar-refractivity contribution < 1.29 is 14.3 Å². The summed E-state index contributed by atoms with van der Waals surface area (Å²) in [7, 11) is 0. The molecule has 2 saturated heterocycles. The molecule has 0 bridgehead atoms. The van der Waals surface area contributed by atoms with Crippen LogP contribution in [0.1, 0.15) is 24.8 Å². The molecule has 1 spiro atoms. The molecule has 4 heteroatoms. The number of rotatable bonds is 3. The van der Waals surface area contributed by atoms with Gasteiger partial charge in [0.25, 0.3) is 0 Å². The summed E-state index contributed by atoms with van der Waals surface area (Å²) in [5.41, 5.74) is 0.809. The zero-order valence-corrected chi connectivity index (χ0v) is 11.0. The van der Waals surface area contributed by atoms with E-state index in [0.717, 1.165) is 31.4 Å². The Hall–Kier alpha value is -1.26. The van der Waals surface area contributed by atoms with Crippen molar-refractivity contribution in [1.82, 2.24) is 4.98 Å². The summed E-state index contributed by atoms with van der Waals surface area (Å²) in [6.07, 6.45) is 6.55. The Morgan fingerprint density at radius 3 is 3.16 bits per heavy atom. The first-order valence-corrected chi connectivity index (χ1v) is 6.91. The van der Waals surface area contributed by atoms with Crippen molar-refractivity contribution in [3.63, 3.8) is 0 Å². The molecular weight excluding hydrogens is 242 g/mol. The molecule has 0 amide bonds. The summed E-state index contributed by atoms with van der Waals surface area (Å²) in [6, 6.07) is 3.83. The smallest absolute Gasteiger partial charge is 0.140 e. The van der Waals surface area contributed by atoms with E-state index in [1.807, 2.05) is 12.1 Å². The quantitative estimate of drug-likeness (QED) is 0.832. The lowest BCUT2D eigenvalue weighted by Gasteiger charge is -2.36. The Morgan fingerprint density at radius 2 is 2.42 bits per heavy atom. The lowest BCUT2D eigenvalue weighted by atomic mass is 9.81. The number of ketones is 1. The maximum Gasteiger partial charge on any atom is 0.140 e. The van der Waals surface area contributed by atoms with Crippen molar-refractivity contribution in [3.8, 4) is 0 Å². The van der Waals surface area contributed by atoms with Gasteiger partial charge in [-0.3, -0.25) is 9.78 Å². The normalized spacial score (nSPS) is 30.6. The van der Waals surface area contributed by atoms with Crippen molar-refractivity contribution in [3.05, 3.63) is 30.1 Å². The molecule has 1 aromatic heterocycles. The van der Waals surface area contributed by atoms with Crippen molar-refractivity contribution in [2.45, 2.75) is 31.3 Å². The van der Waals surface area contributed by atoms with E-state index in [4.69, 9.17) is 9.47 Å². The predicted molar refractivity (Wildman–Crippen MR) is 69.8 cm³/mol. The van der Waals surface area contributed by atoms with Gasteiger partial charge in [0, 0.05) is 44.4 Å². The van der Waals surface area contributed by atoms with E-state index in [9.17, 15) is 4.79 Å². The standard InChI is InChI=1S/C15H19NO3/c17-14(8-12-2-1-5-16-10-12)13-3-6-19-15(9-13)4-7-18-11-15/h1-2,5,10,13H,3-4,6-9,11H2. The van der Waals surface area contributed by atoms with Gasteiger partial charge in [0.15, 0.2) is 0 Å². The Morgan fingerprint density at radius 1 is 1.47 bits per heavy atom. The van der Waals surface area contributed by atoms with Crippen molar-refractivity contribution in [2.75, 3.05) is 19.8 Å². The number of carbonyl (C=O) groups is 1. The molecule has 0 aromatic carbocycles. The number of carbonyl (C=O) groups excluding carboxylic acids is 1. The highest BCUT2D eigenvalue weighted by Gasteiger charge is 2.42. The Balaban J connectivity index is 1.63. The van der Waals surface area contributed by atoms with E-state index >= 15 is 0 Å². The van der Waals surface area contributed by atoms with Crippen LogP contribution >= 0.6 is 0 Å². The summed E-state index contributed by atoms with van der Waals surface area (Å²) in [4.78, 5) is 16.4. The molecule has 2 atom stereocenters. The number of Topliss-reactive ketones (excluding diaryl/α,β-unsaturated/α-hetero) is 1. The van der Waals surface area contributed by atoms with Crippen LogP contribution in [0.2, 0.25) is 0 Å². The van der Waals surface area contributed by atoms with E-state index in [1.54, 1.807) is 12.4 Å². The third-order valence-corrected chi connectivity index (χ3v) is 4.12. The van der Waals surface area contributed by atoms with Crippen LogP contribution < -0.4 is 0 Å². The number of hydrogen-bond acceptors (Lipinski definition) is 4. The first-order valence-electron chi connectivity index (χ1n) is 6.91. The fourth-order valence-corrected chi connectivity index (χ4v) is 3.01. The van der Waals surface area contributed by atoms with Gasteiger partial charge in [-0.05, 0) is 24.5 Å². The van der Waals surface area contributed by atoms with E-state index < -0.39 is 0 Å².